The molecule has 0 saturated heterocycles. The average molecular weight is 305 g/mol. The summed E-state index contributed by atoms with van der Waals surface area (Å²) in [6.45, 7) is 4.67. The van der Waals surface area contributed by atoms with Gasteiger partial charge in [-0.25, -0.2) is 4.98 Å². The van der Waals surface area contributed by atoms with E-state index in [0.717, 1.165) is 43.0 Å². The van der Waals surface area contributed by atoms with Crippen LogP contribution in [0.25, 0.3) is 0 Å². The van der Waals surface area contributed by atoms with E-state index in [-0.39, 0.29) is 0 Å². The molecule has 0 saturated carbocycles. The molecule has 0 bridgehead atoms. The molecule has 0 spiro atoms. The lowest BCUT2D eigenvalue weighted by atomic mass is 10.2. The minimum absolute atomic E-state index is 0.706. The maximum absolute atomic E-state index is 6.21. The highest BCUT2D eigenvalue weighted by atomic mass is 35.5. The van der Waals surface area contributed by atoms with Crippen molar-refractivity contribution in [2.75, 3.05) is 18.5 Å². The highest BCUT2D eigenvalue weighted by Gasteiger charge is 2.08. The second-order valence-electron chi connectivity index (χ2n) is 5.03. The van der Waals surface area contributed by atoms with Crippen molar-refractivity contribution in [3.05, 3.63) is 52.9 Å². The highest BCUT2D eigenvalue weighted by Crippen LogP contribution is 2.20. The van der Waals surface area contributed by atoms with E-state index in [0.29, 0.717) is 5.02 Å². The van der Waals surface area contributed by atoms with Gasteiger partial charge in [-0.15, -0.1) is 0 Å². The lowest BCUT2D eigenvalue weighted by Crippen LogP contribution is -2.19. The Bertz CT molecular complexity index is 559. The summed E-state index contributed by atoms with van der Waals surface area (Å²) in [5, 5.41) is 4.07. The molecule has 4 nitrogen and oxygen atoms in total. The largest absolute Gasteiger partial charge is 0.355 e. The van der Waals surface area contributed by atoms with Crippen LogP contribution in [-0.2, 0) is 13.1 Å². The minimum atomic E-state index is 0.706. The first-order valence-electron chi connectivity index (χ1n) is 7.16. The molecule has 0 amide bonds. The summed E-state index contributed by atoms with van der Waals surface area (Å²) < 4.78 is 0. The van der Waals surface area contributed by atoms with Crippen LogP contribution in [0.2, 0.25) is 5.02 Å². The van der Waals surface area contributed by atoms with Gasteiger partial charge in [0.25, 0.3) is 0 Å². The van der Waals surface area contributed by atoms with Gasteiger partial charge in [-0.05, 0) is 36.2 Å². The summed E-state index contributed by atoms with van der Waals surface area (Å²) in [5.41, 5.74) is 2.23. The Labute approximate surface area is 131 Å². The van der Waals surface area contributed by atoms with Crippen LogP contribution < -0.4 is 10.2 Å². The third-order valence-corrected chi connectivity index (χ3v) is 3.54. The van der Waals surface area contributed by atoms with Gasteiger partial charge < -0.3 is 10.2 Å². The molecule has 2 aromatic heterocycles. The zero-order chi connectivity index (χ0) is 15.1. The third kappa shape index (κ3) is 4.69. The Morgan fingerprint density at radius 3 is 2.90 bits per heavy atom. The van der Waals surface area contributed by atoms with E-state index in [2.05, 4.69) is 33.2 Å². The van der Waals surface area contributed by atoms with E-state index >= 15 is 0 Å². The third-order valence-electron chi connectivity index (χ3n) is 3.20. The Balaban J connectivity index is 2.06. The molecule has 5 heteroatoms. The van der Waals surface area contributed by atoms with Crippen LogP contribution in [0, 0.1) is 0 Å². The summed E-state index contributed by atoms with van der Waals surface area (Å²) in [6, 6.07) is 6.04. The highest BCUT2D eigenvalue weighted by molar-refractivity contribution is 6.31. The second-order valence-corrected chi connectivity index (χ2v) is 5.44. The van der Waals surface area contributed by atoms with Crippen molar-refractivity contribution < 1.29 is 0 Å². The van der Waals surface area contributed by atoms with E-state index in [9.17, 15) is 0 Å². The number of hydrogen-bond acceptors (Lipinski definition) is 4. The normalized spacial score (nSPS) is 10.6. The average Bonchev–Trinajstić information content (AvgIpc) is 2.50. The van der Waals surface area contributed by atoms with E-state index in [1.54, 1.807) is 12.4 Å². The molecular weight excluding hydrogens is 284 g/mol. The Morgan fingerprint density at radius 2 is 2.19 bits per heavy atom. The van der Waals surface area contributed by atoms with Gasteiger partial charge in [0.05, 0.1) is 5.02 Å². The summed E-state index contributed by atoms with van der Waals surface area (Å²) in [4.78, 5) is 10.6. The predicted molar refractivity (Wildman–Crippen MR) is 87.6 cm³/mol. The SMILES string of the molecule is CCCNCc1cc(N(C)Cc2cccnc2)ncc1Cl. The molecule has 2 heterocycles. The van der Waals surface area contributed by atoms with Crippen LogP contribution in [-0.4, -0.2) is 23.6 Å². The van der Waals surface area contributed by atoms with Crippen molar-refractivity contribution in [2.24, 2.45) is 0 Å². The molecular formula is C16H21ClN4. The van der Waals surface area contributed by atoms with Gasteiger partial charge in [-0.2, -0.15) is 0 Å². The fraction of sp³-hybridized carbons (Fsp3) is 0.375. The Hall–Kier alpha value is -1.65. The number of halogens is 1. The van der Waals surface area contributed by atoms with Crippen LogP contribution in [0.3, 0.4) is 0 Å². The van der Waals surface area contributed by atoms with E-state index < -0.39 is 0 Å². The maximum Gasteiger partial charge on any atom is 0.128 e. The van der Waals surface area contributed by atoms with Crippen LogP contribution in [0.15, 0.2) is 36.8 Å². The van der Waals surface area contributed by atoms with E-state index in [1.807, 2.05) is 25.4 Å². The van der Waals surface area contributed by atoms with Crippen molar-refractivity contribution >= 4 is 17.4 Å². The smallest absolute Gasteiger partial charge is 0.128 e. The lowest BCUT2D eigenvalue weighted by Gasteiger charge is -2.19. The second kappa shape index (κ2) is 7.96. The molecule has 0 fully saturated rings. The van der Waals surface area contributed by atoms with Crippen LogP contribution in [0.4, 0.5) is 5.82 Å². The number of hydrogen-bond donors (Lipinski definition) is 1. The number of nitrogens with zero attached hydrogens (tertiary/aromatic N) is 3. The summed E-state index contributed by atoms with van der Waals surface area (Å²) in [6.07, 6.45) is 6.48. The fourth-order valence-electron chi connectivity index (χ4n) is 2.06. The van der Waals surface area contributed by atoms with Gasteiger partial charge in [-0.3, -0.25) is 4.98 Å². The number of aromatic nitrogens is 2. The van der Waals surface area contributed by atoms with E-state index in [1.165, 1.54) is 0 Å². The first-order chi connectivity index (χ1) is 10.2. The molecule has 0 atom stereocenters. The monoisotopic (exact) mass is 304 g/mol. The number of nitrogens with one attached hydrogen (secondary N) is 1. The lowest BCUT2D eigenvalue weighted by molar-refractivity contribution is 0.674. The molecule has 0 radical (unpaired) electrons. The molecule has 0 unspecified atom stereocenters. The van der Waals surface area contributed by atoms with Gasteiger partial charge in [0, 0.05) is 38.7 Å². The molecule has 0 aliphatic carbocycles. The summed E-state index contributed by atoms with van der Waals surface area (Å²) >= 11 is 6.21. The van der Waals surface area contributed by atoms with Gasteiger partial charge in [0.1, 0.15) is 5.82 Å². The molecule has 0 aliphatic heterocycles. The van der Waals surface area contributed by atoms with E-state index in [4.69, 9.17) is 11.6 Å². The van der Waals surface area contributed by atoms with Gasteiger partial charge in [0.2, 0.25) is 0 Å². The molecule has 2 aromatic rings. The zero-order valence-electron chi connectivity index (χ0n) is 12.5. The predicted octanol–water partition coefficient (Wildman–Crippen LogP) is 3.27. The minimum Gasteiger partial charge on any atom is -0.355 e. The molecule has 0 aromatic carbocycles. The van der Waals surface area contributed by atoms with Crippen LogP contribution in [0.5, 0.6) is 0 Å². The first-order valence-corrected chi connectivity index (χ1v) is 7.53. The van der Waals surface area contributed by atoms with Crippen LogP contribution in [0.1, 0.15) is 24.5 Å². The van der Waals surface area contributed by atoms with Gasteiger partial charge in [-0.1, -0.05) is 24.6 Å². The Morgan fingerprint density at radius 1 is 1.33 bits per heavy atom. The quantitative estimate of drug-likeness (QED) is 0.797. The standard InChI is InChI=1S/C16H21ClN4/c1-3-6-18-10-14-8-16(20-11-15(14)17)21(2)12-13-5-4-7-19-9-13/h4-5,7-9,11,18H,3,6,10,12H2,1-2H3. The van der Waals surface area contributed by atoms with Crippen molar-refractivity contribution in [3.8, 4) is 0 Å². The maximum atomic E-state index is 6.21. The zero-order valence-corrected chi connectivity index (χ0v) is 13.3. The topological polar surface area (TPSA) is 41.0 Å². The van der Waals surface area contributed by atoms with Crippen molar-refractivity contribution in [1.82, 2.24) is 15.3 Å². The molecule has 112 valence electrons. The summed E-state index contributed by atoms with van der Waals surface area (Å²) in [5.74, 6) is 0.913. The summed E-state index contributed by atoms with van der Waals surface area (Å²) in [7, 11) is 2.02. The molecule has 1 N–H and O–H groups in total. The number of anilines is 1. The molecule has 0 aliphatic rings. The first kappa shape index (κ1) is 15.7. The van der Waals surface area contributed by atoms with Gasteiger partial charge >= 0.3 is 0 Å². The van der Waals surface area contributed by atoms with Gasteiger partial charge in [0.15, 0.2) is 0 Å². The molecule has 21 heavy (non-hydrogen) atoms. The van der Waals surface area contributed by atoms with Crippen molar-refractivity contribution in [1.29, 1.82) is 0 Å². The fourth-order valence-corrected chi connectivity index (χ4v) is 2.23. The van der Waals surface area contributed by atoms with Crippen molar-refractivity contribution in [3.63, 3.8) is 0 Å². The molecule has 2 rings (SSSR count). The van der Waals surface area contributed by atoms with Crippen LogP contribution >= 0.6 is 11.6 Å². The Kier molecular flexibility index (Phi) is 5.96. The van der Waals surface area contributed by atoms with Crippen molar-refractivity contribution in [2.45, 2.75) is 26.4 Å². The number of rotatable bonds is 7. The number of pyridine rings is 2.